The zero-order valence-electron chi connectivity index (χ0n) is 12.0. The van der Waals surface area contributed by atoms with Gasteiger partial charge in [-0.25, -0.2) is 9.37 Å². The van der Waals surface area contributed by atoms with E-state index in [9.17, 15) is 19.3 Å². The first-order valence-electron chi connectivity index (χ1n) is 6.65. The smallest absolute Gasteiger partial charge is 0.275 e. The summed E-state index contributed by atoms with van der Waals surface area (Å²) >= 11 is 0. The van der Waals surface area contributed by atoms with Crippen LogP contribution in [0.4, 0.5) is 15.8 Å². The number of pyridine rings is 1. The number of nitrogens with zero attached hydrogens (tertiary/aromatic N) is 3. The average Bonchev–Trinajstić information content (AvgIpc) is 2.90. The van der Waals surface area contributed by atoms with Crippen LogP contribution < -0.4 is 5.32 Å². The number of nitrogens with one attached hydrogen (secondary N) is 1. The SMILES string of the molecule is Cc1cc(NC(=O)c2cn3cc(F)ccc3n2)ccc1[N+](=O)[O-]. The maximum Gasteiger partial charge on any atom is 0.275 e. The molecular formula is C15H11FN4O3. The van der Waals surface area contributed by atoms with E-state index in [1.807, 2.05) is 0 Å². The summed E-state index contributed by atoms with van der Waals surface area (Å²) in [7, 11) is 0. The van der Waals surface area contributed by atoms with Gasteiger partial charge < -0.3 is 9.72 Å². The van der Waals surface area contributed by atoms with Crippen LogP contribution in [0.1, 0.15) is 16.1 Å². The number of nitro benzene ring substituents is 1. The lowest BCUT2D eigenvalue weighted by atomic mass is 10.2. The minimum absolute atomic E-state index is 0.0220. The van der Waals surface area contributed by atoms with Crippen LogP contribution in [-0.4, -0.2) is 20.2 Å². The number of hydrogen-bond donors (Lipinski definition) is 1. The van der Waals surface area contributed by atoms with Crippen LogP contribution in [-0.2, 0) is 0 Å². The van der Waals surface area contributed by atoms with Gasteiger partial charge >= 0.3 is 0 Å². The Bertz CT molecular complexity index is 936. The highest BCUT2D eigenvalue weighted by molar-refractivity contribution is 6.03. The van der Waals surface area contributed by atoms with Crippen molar-refractivity contribution in [2.45, 2.75) is 6.92 Å². The Labute approximate surface area is 129 Å². The maximum absolute atomic E-state index is 13.1. The van der Waals surface area contributed by atoms with Crippen molar-refractivity contribution in [2.75, 3.05) is 5.32 Å². The molecule has 0 saturated carbocycles. The van der Waals surface area contributed by atoms with Gasteiger partial charge in [0.15, 0.2) is 0 Å². The van der Waals surface area contributed by atoms with Gasteiger partial charge in [-0.1, -0.05) is 0 Å². The van der Waals surface area contributed by atoms with Crippen LogP contribution in [0.25, 0.3) is 5.65 Å². The Morgan fingerprint density at radius 1 is 1.30 bits per heavy atom. The molecule has 1 amide bonds. The molecule has 3 aromatic rings. The molecule has 0 radical (unpaired) electrons. The second kappa shape index (κ2) is 5.48. The number of carbonyl (C=O) groups excluding carboxylic acids is 1. The summed E-state index contributed by atoms with van der Waals surface area (Å²) in [6.45, 7) is 1.58. The molecule has 116 valence electrons. The van der Waals surface area contributed by atoms with Crippen LogP contribution in [0.15, 0.2) is 42.7 Å². The Morgan fingerprint density at radius 2 is 2.09 bits per heavy atom. The third-order valence-electron chi connectivity index (χ3n) is 3.30. The molecule has 0 aliphatic carbocycles. The molecule has 7 nitrogen and oxygen atoms in total. The van der Waals surface area contributed by atoms with Crippen molar-refractivity contribution in [1.82, 2.24) is 9.38 Å². The second-order valence-corrected chi connectivity index (χ2v) is 4.95. The van der Waals surface area contributed by atoms with Crippen molar-refractivity contribution < 1.29 is 14.1 Å². The molecule has 0 spiro atoms. The summed E-state index contributed by atoms with van der Waals surface area (Å²) in [5, 5.41) is 13.4. The van der Waals surface area contributed by atoms with Crippen LogP contribution >= 0.6 is 0 Å². The summed E-state index contributed by atoms with van der Waals surface area (Å²) in [5.74, 6) is -0.921. The fourth-order valence-corrected chi connectivity index (χ4v) is 2.21. The fourth-order valence-electron chi connectivity index (χ4n) is 2.21. The Balaban J connectivity index is 1.85. The second-order valence-electron chi connectivity index (χ2n) is 4.95. The Morgan fingerprint density at radius 3 is 2.78 bits per heavy atom. The number of nitro groups is 1. The van der Waals surface area contributed by atoms with Gasteiger partial charge in [0.1, 0.15) is 17.2 Å². The van der Waals surface area contributed by atoms with Gasteiger partial charge in [0.25, 0.3) is 11.6 Å². The first kappa shape index (κ1) is 14.6. The molecule has 1 N–H and O–H groups in total. The van der Waals surface area contributed by atoms with E-state index in [1.165, 1.54) is 47.1 Å². The van der Waals surface area contributed by atoms with Crippen LogP contribution in [0.2, 0.25) is 0 Å². The van der Waals surface area contributed by atoms with E-state index in [0.29, 0.717) is 16.9 Å². The van der Waals surface area contributed by atoms with Gasteiger partial charge in [0, 0.05) is 29.7 Å². The van der Waals surface area contributed by atoms with Crippen molar-refractivity contribution >= 4 is 22.9 Å². The number of rotatable bonds is 3. The molecule has 2 heterocycles. The summed E-state index contributed by atoms with van der Waals surface area (Å²) in [6, 6.07) is 6.99. The molecule has 0 atom stereocenters. The molecule has 1 aromatic carbocycles. The Hall–Kier alpha value is -3.29. The van der Waals surface area contributed by atoms with Gasteiger partial charge in [0.05, 0.1) is 4.92 Å². The number of aromatic nitrogens is 2. The van der Waals surface area contributed by atoms with Crippen molar-refractivity contribution in [2.24, 2.45) is 0 Å². The molecule has 8 heteroatoms. The summed E-state index contributed by atoms with van der Waals surface area (Å²) in [4.78, 5) is 26.6. The zero-order chi connectivity index (χ0) is 16.6. The van der Waals surface area contributed by atoms with E-state index in [2.05, 4.69) is 10.3 Å². The molecule has 3 rings (SSSR count). The molecule has 0 aliphatic rings. The minimum atomic E-state index is -0.488. The number of fused-ring (bicyclic) bond motifs is 1. The van der Waals surface area contributed by atoms with E-state index in [0.717, 1.165) is 0 Å². The molecule has 0 fully saturated rings. The van der Waals surface area contributed by atoms with Crippen molar-refractivity contribution in [3.8, 4) is 0 Å². The summed E-state index contributed by atoms with van der Waals surface area (Å²) in [6.07, 6.45) is 2.63. The predicted octanol–water partition coefficient (Wildman–Crippen LogP) is 2.94. The van der Waals surface area contributed by atoms with Gasteiger partial charge in [-0.2, -0.15) is 0 Å². The normalized spacial score (nSPS) is 10.7. The molecule has 23 heavy (non-hydrogen) atoms. The van der Waals surface area contributed by atoms with Gasteiger partial charge in [-0.05, 0) is 31.2 Å². The molecule has 0 unspecified atom stereocenters. The molecule has 0 saturated heterocycles. The highest BCUT2D eigenvalue weighted by atomic mass is 19.1. The number of benzene rings is 1. The van der Waals surface area contributed by atoms with E-state index in [4.69, 9.17) is 0 Å². The summed E-state index contributed by atoms with van der Waals surface area (Å²) < 4.78 is 14.5. The lowest BCUT2D eigenvalue weighted by Gasteiger charge is -2.04. The zero-order valence-corrected chi connectivity index (χ0v) is 12.0. The number of imidazole rings is 1. The lowest BCUT2D eigenvalue weighted by Crippen LogP contribution is -2.12. The van der Waals surface area contributed by atoms with E-state index >= 15 is 0 Å². The Kier molecular flexibility index (Phi) is 3.49. The van der Waals surface area contributed by atoms with Gasteiger partial charge in [-0.3, -0.25) is 14.9 Å². The molecular weight excluding hydrogens is 303 g/mol. The monoisotopic (exact) mass is 314 g/mol. The van der Waals surface area contributed by atoms with E-state index in [-0.39, 0.29) is 11.4 Å². The number of halogens is 1. The fraction of sp³-hybridized carbons (Fsp3) is 0.0667. The van der Waals surface area contributed by atoms with Crippen molar-refractivity contribution in [1.29, 1.82) is 0 Å². The highest BCUT2D eigenvalue weighted by Gasteiger charge is 2.14. The lowest BCUT2D eigenvalue weighted by molar-refractivity contribution is -0.385. The largest absolute Gasteiger partial charge is 0.321 e. The van der Waals surface area contributed by atoms with Gasteiger partial charge in [-0.15, -0.1) is 0 Å². The first-order valence-corrected chi connectivity index (χ1v) is 6.65. The standard InChI is InChI=1S/C15H11FN4O3/c1-9-6-11(3-4-13(9)20(22)23)17-15(21)12-8-19-7-10(16)2-5-14(19)18-12/h2-8H,1H3,(H,17,21). The molecule has 0 bridgehead atoms. The summed E-state index contributed by atoms with van der Waals surface area (Å²) in [5.41, 5.74) is 1.39. The molecule has 0 aliphatic heterocycles. The predicted molar refractivity (Wildman–Crippen MR) is 80.9 cm³/mol. The van der Waals surface area contributed by atoms with Crippen LogP contribution in [0.3, 0.4) is 0 Å². The molecule has 2 aromatic heterocycles. The average molecular weight is 314 g/mol. The van der Waals surface area contributed by atoms with Crippen molar-refractivity contribution in [3.63, 3.8) is 0 Å². The topological polar surface area (TPSA) is 89.5 Å². The quantitative estimate of drug-likeness (QED) is 0.594. The van der Waals surface area contributed by atoms with Gasteiger partial charge in [0.2, 0.25) is 0 Å². The number of anilines is 1. The number of hydrogen-bond acceptors (Lipinski definition) is 4. The number of amides is 1. The number of carbonyl (C=O) groups is 1. The third-order valence-corrected chi connectivity index (χ3v) is 3.30. The maximum atomic E-state index is 13.1. The number of aryl methyl sites for hydroxylation is 1. The van der Waals surface area contributed by atoms with Crippen LogP contribution in [0.5, 0.6) is 0 Å². The minimum Gasteiger partial charge on any atom is -0.321 e. The van der Waals surface area contributed by atoms with Crippen molar-refractivity contribution in [3.05, 3.63) is 69.9 Å². The van der Waals surface area contributed by atoms with Crippen LogP contribution in [0, 0.1) is 22.9 Å². The van der Waals surface area contributed by atoms with E-state index in [1.54, 1.807) is 6.92 Å². The highest BCUT2D eigenvalue weighted by Crippen LogP contribution is 2.22. The van der Waals surface area contributed by atoms with E-state index < -0.39 is 16.6 Å². The first-order chi connectivity index (χ1) is 10.9. The third kappa shape index (κ3) is 2.86.